The highest BCUT2D eigenvalue weighted by Crippen LogP contribution is 2.18. The molecule has 1 aliphatic rings. The van der Waals surface area contributed by atoms with E-state index in [0.29, 0.717) is 32.5 Å². The molecule has 0 bridgehead atoms. The van der Waals surface area contributed by atoms with Gasteiger partial charge in [-0.25, -0.2) is 0 Å². The molecule has 5 nitrogen and oxygen atoms in total. The van der Waals surface area contributed by atoms with Crippen LogP contribution in [0.1, 0.15) is 24.0 Å². The number of carboxylic acid groups (broad SMARTS) is 1. The largest absolute Gasteiger partial charge is 0.481 e. The van der Waals surface area contributed by atoms with Crippen LogP contribution < -0.4 is 5.73 Å². The molecule has 1 amide bonds. The summed E-state index contributed by atoms with van der Waals surface area (Å²) in [6.07, 6.45) is 1.69. The van der Waals surface area contributed by atoms with Crippen LogP contribution in [0.2, 0.25) is 0 Å². The molecule has 0 saturated carbocycles. The number of hydrogen-bond donors (Lipinski definition) is 2. The van der Waals surface area contributed by atoms with Crippen molar-refractivity contribution in [2.75, 3.05) is 13.1 Å². The Kier molecular flexibility index (Phi) is 4.74. The zero-order chi connectivity index (χ0) is 14.5. The number of amides is 1. The summed E-state index contributed by atoms with van der Waals surface area (Å²) in [6.45, 7) is 1.37. The molecule has 0 radical (unpaired) electrons. The molecular formula is C15H20N2O3. The van der Waals surface area contributed by atoms with E-state index in [1.54, 1.807) is 4.90 Å². The number of carbonyl (C=O) groups is 2. The minimum absolute atomic E-state index is 0.0168. The Morgan fingerprint density at radius 2 is 2.00 bits per heavy atom. The number of likely N-dealkylation sites (tertiary alicyclic amines) is 1. The van der Waals surface area contributed by atoms with Crippen molar-refractivity contribution >= 4 is 11.9 Å². The van der Waals surface area contributed by atoms with Crippen LogP contribution in [0, 0.1) is 5.92 Å². The molecular weight excluding hydrogens is 256 g/mol. The number of carboxylic acids is 1. The lowest BCUT2D eigenvalue weighted by Crippen LogP contribution is -2.43. The van der Waals surface area contributed by atoms with E-state index in [2.05, 4.69) is 0 Å². The SMILES string of the molecule is NCc1ccccc1CC(=O)N1CCC[C@@H](C(=O)O)C1. The van der Waals surface area contributed by atoms with Crippen molar-refractivity contribution in [3.63, 3.8) is 0 Å². The molecule has 20 heavy (non-hydrogen) atoms. The van der Waals surface area contributed by atoms with Crippen LogP contribution in [0.4, 0.5) is 0 Å². The summed E-state index contributed by atoms with van der Waals surface area (Å²) in [5, 5.41) is 9.06. The first-order valence-electron chi connectivity index (χ1n) is 6.89. The lowest BCUT2D eigenvalue weighted by atomic mass is 9.97. The number of rotatable bonds is 4. The second-order valence-corrected chi connectivity index (χ2v) is 5.17. The molecule has 2 rings (SSSR count). The van der Waals surface area contributed by atoms with E-state index in [1.165, 1.54) is 0 Å². The molecule has 0 unspecified atom stereocenters. The number of aliphatic carboxylic acids is 1. The van der Waals surface area contributed by atoms with Gasteiger partial charge in [0.05, 0.1) is 12.3 Å². The summed E-state index contributed by atoms with van der Waals surface area (Å²) in [5.74, 6) is -1.26. The first-order chi connectivity index (χ1) is 9.61. The van der Waals surface area contributed by atoms with Gasteiger partial charge in [-0.1, -0.05) is 24.3 Å². The van der Waals surface area contributed by atoms with Gasteiger partial charge in [0.15, 0.2) is 0 Å². The van der Waals surface area contributed by atoms with Crippen molar-refractivity contribution in [1.82, 2.24) is 4.90 Å². The molecule has 0 spiro atoms. The van der Waals surface area contributed by atoms with Crippen LogP contribution in [0.25, 0.3) is 0 Å². The van der Waals surface area contributed by atoms with E-state index in [4.69, 9.17) is 10.8 Å². The minimum atomic E-state index is -0.815. The summed E-state index contributed by atoms with van der Waals surface area (Å²) < 4.78 is 0. The molecule has 3 N–H and O–H groups in total. The summed E-state index contributed by atoms with van der Waals surface area (Å²) >= 11 is 0. The highest BCUT2D eigenvalue weighted by molar-refractivity contribution is 5.80. The molecule has 1 saturated heterocycles. The lowest BCUT2D eigenvalue weighted by molar-refractivity contribution is -0.145. The van der Waals surface area contributed by atoms with Crippen molar-refractivity contribution in [1.29, 1.82) is 0 Å². The summed E-state index contributed by atoms with van der Waals surface area (Å²) in [5.41, 5.74) is 7.56. The van der Waals surface area contributed by atoms with Gasteiger partial charge in [0, 0.05) is 19.6 Å². The molecule has 1 aromatic rings. The molecule has 1 fully saturated rings. The summed E-state index contributed by atoms with van der Waals surface area (Å²) in [7, 11) is 0. The standard InChI is InChI=1S/C15H20N2O3/c16-9-12-5-2-1-4-11(12)8-14(18)17-7-3-6-13(10-17)15(19)20/h1-2,4-5,13H,3,6-10,16H2,(H,19,20)/t13-/m1/s1. The third-order valence-corrected chi connectivity index (χ3v) is 3.80. The fraction of sp³-hybridized carbons (Fsp3) is 0.467. The number of nitrogens with zero attached hydrogens (tertiary/aromatic N) is 1. The van der Waals surface area contributed by atoms with Gasteiger partial charge in [-0.2, -0.15) is 0 Å². The Morgan fingerprint density at radius 3 is 2.65 bits per heavy atom. The van der Waals surface area contributed by atoms with Crippen molar-refractivity contribution in [3.05, 3.63) is 35.4 Å². The fourth-order valence-corrected chi connectivity index (χ4v) is 2.61. The number of carbonyl (C=O) groups excluding carboxylic acids is 1. The zero-order valence-electron chi connectivity index (χ0n) is 11.4. The predicted octanol–water partition coefficient (Wildman–Crippen LogP) is 1.01. The maximum atomic E-state index is 12.3. The Morgan fingerprint density at radius 1 is 1.30 bits per heavy atom. The minimum Gasteiger partial charge on any atom is -0.481 e. The first-order valence-corrected chi connectivity index (χ1v) is 6.89. The highest BCUT2D eigenvalue weighted by atomic mass is 16.4. The van der Waals surface area contributed by atoms with Crippen molar-refractivity contribution < 1.29 is 14.7 Å². The Bertz CT molecular complexity index is 502. The maximum absolute atomic E-state index is 12.3. The van der Waals surface area contributed by atoms with E-state index in [-0.39, 0.29) is 5.91 Å². The summed E-state index contributed by atoms with van der Waals surface area (Å²) in [6, 6.07) is 7.60. The van der Waals surface area contributed by atoms with Gasteiger partial charge in [0.25, 0.3) is 0 Å². The predicted molar refractivity (Wildman–Crippen MR) is 75.0 cm³/mol. The van der Waals surface area contributed by atoms with Gasteiger partial charge in [0.2, 0.25) is 5.91 Å². The molecule has 1 aliphatic heterocycles. The molecule has 1 aromatic carbocycles. The second kappa shape index (κ2) is 6.52. The smallest absolute Gasteiger partial charge is 0.308 e. The molecule has 0 aromatic heterocycles. The number of nitrogens with two attached hydrogens (primary N) is 1. The average Bonchev–Trinajstić information content (AvgIpc) is 2.48. The van der Waals surface area contributed by atoms with Gasteiger partial charge in [-0.05, 0) is 24.0 Å². The van der Waals surface area contributed by atoms with Gasteiger partial charge < -0.3 is 15.7 Å². The monoisotopic (exact) mass is 276 g/mol. The Balaban J connectivity index is 2.02. The molecule has 1 atom stereocenters. The van der Waals surface area contributed by atoms with Crippen LogP contribution in [-0.2, 0) is 22.6 Å². The van der Waals surface area contributed by atoms with Gasteiger partial charge in [-0.15, -0.1) is 0 Å². The summed E-state index contributed by atoms with van der Waals surface area (Å²) in [4.78, 5) is 25.0. The first kappa shape index (κ1) is 14.5. The molecule has 1 heterocycles. The van der Waals surface area contributed by atoms with Gasteiger partial charge in [-0.3, -0.25) is 9.59 Å². The van der Waals surface area contributed by atoms with E-state index in [9.17, 15) is 9.59 Å². The van der Waals surface area contributed by atoms with Crippen LogP contribution in [0.15, 0.2) is 24.3 Å². The fourth-order valence-electron chi connectivity index (χ4n) is 2.61. The third-order valence-electron chi connectivity index (χ3n) is 3.80. The number of piperidine rings is 1. The average molecular weight is 276 g/mol. The number of hydrogen-bond acceptors (Lipinski definition) is 3. The van der Waals surface area contributed by atoms with Crippen molar-refractivity contribution in [2.45, 2.75) is 25.8 Å². The highest BCUT2D eigenvalue weighted by Gasteiger charge is 2.28. The number of benzene rings is 1. The van der Waals surface area contributed by atoms with Crippen LogP contribution in [-0.4, -0.2) is 35.0 Å². The zero-order valence-corrected chi connectivity index (χ0v) is 11.4. The van der Waals surface area contributed by atoms with E-state index in [0.717, 1.165) is 17.5 Å². The second-order valence-electron chi connectivity index (χ2n) is 5.17. The van der Waals surface area contributed by atoms with Gasteiger partial charge >= 0.3 is 5.97 Å². The van der Waals surface area contributed by atoms with Crippen molar-refractivity contribution in [2.24, 2.45) is 11.7 Å². The van der Waals surface area contributed by atoms with Crippen LogP contribution in [0.3, 0.4) is 0 Å². The van der Waals surface area contributed by atoms with E-state index < -0.39 is 11.9 Å². The topological polar surface area (TPSA) is 83.6 Å². The lowest BCUT2D eigenvalue weighted by Gasteiger charge is -2.31. The Hall–Kier alpha value is -1.88. The van der Waals surface area contributed by atoms with Crippen molar-refractivity contribution in [3.8, 4) is 0 Å². The molecule has 108 valence electrons. The molecule has 0 aliphatic carbocycles. The quantitative estimate of drug-likeness (QED) is 0.859. The maximum Gasteiger partial charge on any atom is 0.308 e. The van der Waals surface area contributed by atoms with Crippen LogP contribution in [0.5, 0.6) is 0 Å². The van der Waals surface area contributed by atoms with E-state index >= 15 is 0 Å². The van der Waals surface area contributed by atoms with E-state index in [1.807, 2.05) is 24.3 Å². The Labute approximate surface area is 118 Å². The normalized spacial score (nSPS) is 18.9. The molecule has 5 heteroatoms. The van der Waals surface area contributed by atoms with Gasteiger partial charge in [0.1, 0.15) is 0 Å². The van der Waals surface area contributed by atoms with Crippen LogP contribution >= 0.6 is 0 Å². The third kappa shape index (κ3) is 3.36.